The molecular formula is C68H134NO8P. The Morgan fingerprint density at radius 3 is 0.910 bits per heavy atom. The zero-order valence-corrected chi connectivity index (χ0v) is 53.1. The van der Waals surface area contributed by atoms with Crippen molar-refractivity contribution in [1.29, 1.82) is 0 Å². The summed E-state index contributed by atoms with van der Waals surface area (Å²) in [6.07, 6.45) is 77.4. The summed E-state index contributed by atoms with van der Waals surface area (Å²) < 4.78 is 33.2. The molecule has 0 aliphatic carbocycles. The fraction of sp³-hybridized carbons (Fsp3) is 0.941. The average Bonchev–Trinajstić information content (AvgIpc) is 3.43. The van der Waals surface area contributed by atoms with Gasteiger partial charge in [-0.2, -0.15) is 0 Å². The molecule has 0 fully saturated rings. The van der Waals surface area contributed by atoms with Gasteiger partial charge in [0.05, 0.1) is 13.2 Å². The van der Waals surface area contributed by atoms with Gasteiger partial charge in [0.25, 0.3) is 0 Å². The van der Waals surface area contributed by atoms with Crippen molar-refractivity contribution < 1.29 is 37.6 Å². The van der Waals surface area contributed by atoms with Gasteiger partial charge in [-0.25, -0.2) is 4.57 Å². The van der Waals surface area contributed by atoms with Crippen LogP contribution in [0.4, 0.5) is 0 Å². The Kier molecular flexibility index (Phi) is 63.9. The van der Waals surface area contributed by atoms with Crippen molar-refractivity contribution in [2.45, 2.75) is 386 Å². The van der Waals surface area contributed by atoms with E-state index in [-0.39, 0.29) is 38.6 Å². The van der Waals surface area contributed by atoms with Gasteiger partial charge in [-0.15, -0.1) is 0 Å². The van der Waals surface area contributed by atoms with E-state index < -0.39 is 26.5 Å². The van der Waals surface area contributed by atoms with E-state index in [9.17, 15) is 19.0 Å². The molecule has 0 aromatic rings. The summed E-state index contributed by atoms with van der Waals surface area (Å²) in [5.74, 6) is -0.800. The molecule has 0 spiro atoms. The van der Waals surface area contributed by atoms with Gasteiger partial charge in [0.2, 0.25) is 0 Å². The van der Waals surface area contributed by atoms with E-state index in [1.807, 2.05) is 0 Å². The van der Waals surface area contributed by atoms with Crippen LogP contribution < -0.4 is 5.73 Å². The van der Waals surface area contributed by atoms with Crippen LogP contribution in [0, 0.1) is 0 Å². The lowest BCUT2D eigenvalue weighted by molar-refractivity contribution is -0.161. The molecule has 10 heteroatoms. The molecule has 2 atom stereocenters. The number of unbranched alkanes of at least 4 members (excludes halogenated alkanes) is 52. The van der Waals surface area contributed by atoms with E-state index in [0.29, 0.717) is 6.42 Å². The summed E-state index contributed by atoms with van der Waals surface area (Å²) in [6.45, 7) is 3.83. The Hall–Kier alpha value is -1.25. The van der Waals surface area contributed by atoms with Crippen molar-refractivity contribution in [2.24, 2.45) is 5.73 Å². The Bertz CT molecular complexity index is 1280. The molecule has 0 heterocycles. The molecule has 0 saturated heterocycles. The molecular weight excluding hydrogens is 990 g/mol. The number of rotatable bonds is 67. The third-order valence-electron chi connectivity index (χ3n) is 15.9. The van der Waals surface area contributed by atoms with Crippen LogP contribution in [0.25, 0.3) is 0 Å². The monoisotopic (exact) mass is 1120 g/mol. The first kappa shape index (κ1) is 76.8. The summed E-state index contributed by atoms with van der Waals surface area (Å²) in [7, 11) is -4.39. The zero-order valence-electron chi connectivity index (χ0n) is 52.2. The van der Waals surface area contributed by atoms with Crippen molar-refractivity contribution in [2.75, 3.05) is 26.4 Å². The highest BCUT2D eigenvalue weighted by Crippen LogP contribution is 2.43. The first-order chi connectivity index (χ1) is 38.3. The summed E-state index contributed by atoms with van der Waals surface area (Å²) in [5, 5.41) is 0. The number of carbonyl (C=O) groups excluding carboxylic acids is 2. The van der Waals surface area contributed by atoms with E-state index in [1.165, 1.54) is 315 Å². The third kappa shape index (κ3) is 63.9. The van der Waals surface area contributed by atoms with Crippen molar-refractivity contribution >= 4 is 19.8 Å². The van der Waals surface area contributed by atoms with Crippen LogP contribution in [0.1, 0.15) is 380 Å². The highest BCUT2D eigenvalue weighted by Gasteiger charge is 2.26. The summed E-state index contributed by atoms with van der Waals surface area (Å²) >= 11 is 0. The minimum atomic E-state index is -4.39. The van der Waals surface area contributed by atoms with E-state index >= 15 is 0 Å². The summed E-state index contributed by atoms with van der Waals surface area (Å²) in [5.41, 5.74) is 5.40. The quantitative estimate of drug-likeness (QED) is 0.0264. The molecule has 0 saturated carbocycles. The minimum Gasteiger partial charge on any atom is -0.462 e. The topological polar surface area (TPSA) is 134 Å². The lowest BCUT2D eigenvalue weighted by Crippen LogP contribution is -2.29. The molecule has 9 nitrogen and oxygen atoms in total. The molecule has 0 rings (SSSR count). The molecule has 0 aliphatic rings. The second kappa shape index (κ2) is 64.9. The molecule has 0 aromatic carbocycles. The number of ether oxygens (including phenoxy) is 2. The maximum atomic E-state index is 12.8. The smallest absolute Gasteiger partial charge is 0.462 e. The lowest BCUT2D eigenvalue weighted by Gasteiger charge is -2.19. The maximum Gasteiger partial charge on any atom is 0.472 e. The van der Waals surface area contributed by atoms with Gasteiger partial charge in [0.15, 0.2) is 6.10 Å². The molecule has 0 aromatic heterocycles. The van der Waals surface area contributed by atoms with Crippen LogP contribution in [-0.2, 0) is 32.7 Å². The van der Waals surface area contributed by atoms with Crippen LogP contribution in [0.5, 0.6) is 0 Å². The normalized spacial score (nSPS) is 12.9. The van der Waals surface area contributed by atoms with Gasteiger partial charge in [0, 0.05) is 19.4 Å². The number of allylic oxidation sites excluding steroid dienone is 2. The molecule has 2 unspecified atom stereocenters. The third-order valence-corrected chi connectivity index (χ3v) is 16.9. The molecule has 3 N–H and O–H groups in total. The van der Waals surface area contributed by atoms with E-state index in [0.717, 1.165) is 32.1 Å². The first-order valence-corrected chi connectivity index (χ1v) is 36.2. The second-order valence-corrected chi connectivity index (χ2v) is 25.2. The van der Waals surface area contributed by atoms with Crippen LogP contribution in [0.2, 0.25) is 0 Å². The van der Waals surface area contributed by atoms with Gasteiger partial charge in [-0.3, -0.25) is 18.6 Å². The van der Waals surface area contributed by atoms with Gasteiger partial charge in [-0.05, 0) is 38.5 Å². The number of hydrogen-bond donors (Lipinski definition) is 2. The van der Waals surface area contributed by atoms with Gasteiger partial charge in [-0.1, -0.05) is 341 Å². The van der Waals surface area contributed by atoms with Crippen LogP contribution in [-0.4, -0.2) is 49.3 Å². The standard InChI is InChI=1S/C68H134NO8P/c1-3-5-7-9-11-13-15-17-19-21-23-25-27-29-30-31-32-33-34-35-36-37-39-41-43-45-47-49-51-53-55-57-59-61-68(71)77-66(65-76-78(72,73)75-63-62-69)64-74-67(70)60-58-56-54-52-50-48-46-44-42-40-38-28-26-24-22-20-18-16-14-12-10-8-6-4-2/h21,23,66H,3-20,22,24-65,69H2,1-2H3,(H,72,73)/b23-21-. The lowest BCUT2D eigenvalue weighted by atomic mass is 10.0. The van der Waals surface area contributed by atoms with E-state index in [4.69, 9.17) is 24.3 Å². The van der Waals surface area contributed by atoms with Gasteiger partial charge < -0.3 is 20.1 Å². The number of hydrogen-bond acceptors (Lipinski definition) is 8. The molecule has 0 bridgehead atoms. The SMILES string of the molecule is CCCCCCCCCC/C=C\CCCCCCCCCCCCCCCCCCCCCCCC(=O)OC(COC(=O)CCCCCCCCCCCCCCCCCCCCCCCCCC)COP(=O)(O)OCCN. The van der Waals surface area contributed by atoms with Crippen molar-refractivity contribution in [3.63, 3.8) is 0 Å². The highest BCUT2D eigenvalue weighted by atomic mass is 31.2. The second-order valence-electron chi connectivity index (χ2n) is 23.8. The predicted octanol–water partition coefficient (Wildman–Crippen LogP) is 22.4. The van der Waals surface area contributed by atoms with Crippen LogP contribution in [0.15, 0.2) is 12.2 Å². The Balaban J connectivity index is 3.80. The first-order valence-electron chi connectivity index (χ1n) is 34.7. The molecule has 464 valence electrons. The Labute approximate surface area is 485 Å². The largest absolute Gasteiger partial charge is 0.472 e. The number of esters is 2. The van der Waals surface area contributed by atoms with Crippen LogP contribution in [0.3, 0.4) is 0 Å². The fourth-order valence-electron chi connectivity index (χ4n) is 10.8. The zero-order chi connectivity index (χ0) is 56.6. The molecule has 0 aliphatic heterocycles. The van der Waals surface area contributed by atoms with Gasteiger partial charge >= 0.3 is 19.8 Å². The average molecular weight is 1120 g/mol. The van der Waals surface area contributed by atoms with Crippen LogP contribution >= 0.6 is 7.82 Å². The molecule has 0 amide bonds. The van der Waals surface area contributed by atoms with Crippen molar-refractivity contribution in [1.82, 2.24) is 0 Å². The number of carbonyl (C=O) groups is 2. The minimum absolute atomic E-state index is 0.0579. The fourth-order valence-corrected chi connectivity index (χ4v) is 11.5. The molecule has 78 heavy (non-hydrogen) atoms. The van der Waals surface area contributed by atoms with Crippen molar-refractivity contribution in [3.8, 4) is 0 Å². The highest BCUT2D eigenvalue weighted by molar-refractivity contribution is 7.47. The maximum absolute atomic E-state index is 12.8. The summed E-state index contributed by atoms with van der Waals surface area (Å²) in [6, 6.07) is 0. The number of phosphoric acid groups is 1. The number of phosphoric ester groups is 1. The van der Waals surface area contributed by atoms with E-state index in [1.54, 1.807) is 0 Å². The summed E-state index contributed by atoms with van der Waals surface area (Å²) in [4.78, 5) is 35.3. The van der Waals surface area contributed by atoms with Gasteiger partial charge in [0.1, 0.15) is 6.61 Å². The van der Waals surface area contributed by atoms with E-state index in [2.05, 4.69) is 26.0 Å². The Morgan fingerprint density at radius 1 is 0.372 bits per heavy atom. The Morgan fingerprint density at radius 2 is 0.628 bits per heavy atom. The van der Waals surface area contributed by atoms with Crippen molar-refractivity contribution in [3.05, 3.63) is 12.2 Å². The molecule has 0 radical (unpaired) electrons. The number of nitrogens with two attached hydrogens (primary N) is 1. The predicted molar refractivity (Wildman–Crippen MR) is 335 cm³/mol.